The standard InChI is InChI=1S/C27H27ClN6O2S/c1-18(35)29-10-11-30-24-17-25(32-26(31-24)19-6-8-21(28)9-7-19)33-12-14-34(15-13-33)27(36)23-16-20-4-2-3-5-22(20)37-23/h2-9,16-17H,10-15H2,1H3,(H,29,35)(H,30,31,32). The van der Waals surface area contributed by atoms with Crippen LogP contribution >= 0.6 is 22.9 Å². The van der Waals surface area contributed by atoms with E-state index in [1.54, 1.807) is 11.3 Å². The van der Waals surface area contributed by atoms with Crippen LogP contribution in [0.15, 0.2) is 60.7 Å². The molecule has 1 saturated heterocycles. The van der Waals surface area contributed by atoms with E-state index in [0.717, 1.165) is 26.3 Å². The minimum atomic E-state index is -0.0740. The number of carbonyl (C=O) groups is 2. The number of halogens is 1. The third-order valence-electron chi connectivity index (χ3n) is 6.15. The minimum Gasteiger partial charge on any atom is -0.368 e. The van der Waals surface area contributed by atoms with Gasteiger partial charge in [-0.05, 0) is 41.8 Å². The van der Waals surface area contributed by atoms with E-state index < -0.39 is 0 Å². The van der Waals surface area contributed by atoms with Crippen molar-refractivity contribution in [2.75, 3.05) is 49.5 Å². The van der Waals surface area contributed by atoms with Crippen molar-refractivity contribution in [3.8, 4) is 11.4 Å². The highest BCUT2D eigenvalue weighted by atomic mass is 35.5. The smallest absolute Gasteiger partial charge is 0.264 e. The molecule has 1 aliphatic rings. The lowest BCUT2D eigenvalue weighted by Crippen LogP contribution is -2.49. The van der Waals surface area contributed by atoms with Crippen molar-refractivity contribution in [3.05, 3.63) is 70.6 Å². The van der Waals surface area contributed by atoms with Crippen molar-refractivity contribution < 1.29 is 9.59 Å². The zero-order valence-corrected chi connectivity index (χ0v) is 22.0. The molecule has 0 unspecified atom stereocenters. The van der Waals surface area contributed by atoms with Crippen molar-refractivity contribution in [2.24, 2.45) is 0 Å². The summed E-state index contributed by atoms with van der Waals surface area (Å²) in [6.45, 7) is 5.07. The summed E-state index contributed by atoms with van der Waals surface area (Å²) in [5.41, 5.74) is 0.856. The van der Waals surface area contributed by atoms with Crippen LogP contribution < -0.4 is 15.5 Å². The lowest BCUT2D eigenvalue weighted by atomic mass is 10.2. The first-order valence-electron chi connectivity index (χ1n) is 12.1. The van der Waals surface area contributed by atoms with Crippen molar-refractivity contribution in [3.63, 3.8) is 0 Å². The molecule has 0 radical (unpaired) electrons. The molecule has 1 fully saturated rings. The summed E-state index contributed by atoms with van der Waals surface area (Å²) in [4.78, 5) is 38.7. The Morgan fingerprint density at radius 1 is 0.973 bits per heavy atom. The van der Waals surface area contributed by atoms with Gasteiger partial charge in [0.1, 0.15) is 11.6 Å². The van der Waals surface area contributed by atoms with Crippen LogP contribution in [-0.4, -0.2) is 66.0 Å². The third kappa shape index (κ3) is 6.00. The van der Waals surface area contributed by atoms with Gasteiger partial charge in [0, 0.05) is 67.5 Å². The molecule has 0 spiro atoms. The number of thiophene rings is 1. The van der Waals surface area contributed by atoms with Crippen LogP contribution in [0.1, 0.15) is 16.6 Å². The molecule has 10 heteroatoms. The van der Waals surface area contributed by atoms with Crippen LogP contribution in [0.2, 0.25) is 5.02 Å². The summed E-state index contributed by atoms with van der Waals surface area (Å²) in [6, 6.07) is 19.4. The van der Waals surface area contributed by atoms with Crippen molar-refractivity contribution in [1.82, 2.24) is 20.2 Å². The number of aromatic nitrogens is 2. The molecule has 37 heavy (non-hydrogen) atoms. The van der Waals surface area contributed by atoms with Gasteiger partial charge in [0.2, 0.25) is 5.91 Å². The second-order valence-corrected chi connectivity index (χ2v) is 10.3. The first kappa shape index (κ1) is 25.0. The Hall–Kier alpha value is -3.69. The summed E-state index contributed by atoms with van der Waals surface area (Å²) in [7, 11) is 0. The van der Waals surface area contributed by atoms with E-state index in [1.807, 2.05) is 65.6 Å². The van der Waals surface area contributed by atoms with Crippen LogP contribution in [0, 0.1) is 0 Å². The molecule has 0 bridgehead atoms. The largest absolute Gasteiger partial charge is 0.368 e. The van der Waals surface area contributed by atoms with Gasteiger partial charge in [0.15, 0.2) is 5.82 Å². The highest BCUT2D eigenvalue weighted by Gasteiger charge is 2.25. The number of benzene rings is 2. The molecule has 2 aromatic carbocycles. The van der Waals surface area contributed by atoms with Gasteiger partial charge in [-0.3, -0.25) is 9.59 Å². The summed E-state index contributed by atoms with van der Waals surface area (Å²) < 4.78 is 1.12. The summed E-state index contributed by atoms with van der Waals surface area (Å²) in [6.07, 6.45) is 0. The third-order valence-corrected chi connectivity index (χ3v) is 7.50. The Morgan fingerprint density at radius 2 is 1.73 bits per heavy atom. The van der Waals surface area contributed by atoms with E-state index in [2.05, 4.69) is 20.5 Å². The molecule has 190 valence electrons. The van der Waals surface area contributed by atoms with Crippen LogP contribution in [-0.2, 0) is 4.79 Å². The second kappa shape index (κ2) is 11.1. The van der Waals surface area contributed by atoms with Crippen LogP contribution in [0.5, 0.6) is 0 Å². The summed E-state index contributed by atoms with van der Waals surface area (Å²) >= 11 is 7.61. The fraction of sp³-hybridized carbons (Fsp3) is 0.259. The zero-order valence-electron chi connectivity index (χ0n) is 20.4. The van der Waals surface area contributed by atoms with E-state index in [4.69, 9.17) is 16.6 Å². The van der Waals surface area contributed by atoms with E-state index in [1.165, 1.54) is 6.92 Å². The Labute approximate surface area is 224 Å². The number of nitrogens with zero attached hydrogens (tertiary/aromatic N) is 4. The number of anilines is 2. The van der Waals surface area contributed by atoms with Gasteiger partial charge in [0.25, 0.3) is 5.91 Å². The van der Waals surface area contributed by atoms with Gasteiger partial charge in [-0.2, -0.15) is 0 Å². The van der Waals surface area contributed by atoms with Gasteiger partial charge in [-0.15, -0.1) is 11.3 Å². The molecular weight excluding hydrogens is 508 g/mol. The fourth-order valence-corrected chi connectivity index (χ4v) is 5.38. The van der Waals surface area contributed by atoms with E-state index in [9.17, 15) is 9.59 Å². The second-order valence-electron chi connectivity index (χ2n) is 8.78. The number of hydrogen-bond acceptors (Lipinski definition) is 7. The fourth-order valence-electron chi connectivity index (χ4n) is 4.23. The lowest BCUT2D eigenvalue weighted by molar-refractivity contribution is -0.118. The number of hydrogen-bond donors (Lipinski definition) is 2. The average Bonchev–Trinajstić information content (AvgIpc) is 3.35. The van der Waals surface area contributed by atoms with Crippen LogP contribution in [0.25, 0.3) is 21.5 Å². The quantitative estimate of drug-likeness (QED) is 0.339. The molecule has 2 amide bonds. The molecule has 8 nitrogen and oxygen atoms in total. The summed E-state index contributed by atoms with van der Waals surface area (Å²) in [5, 5.41) is 7.80. The monoisotopic (exact) mass is 534 g/mol. The Balaban J connectivity index is 1.31. The SMILES string of the molecule is CC(=O)NCCNc1cc(N2CCN(C(=O)c3cc4ccccc4s3)CC2)nc(-c2ccc(Cl)cc2)n1. The molecule has 2 N–H and O–H groups in total. The number of fused-ring (bicyclic) bond motifs is 1. The molecule has 3 heterocycles. The van der Waals surface area contributed by atoms with E-state index in [-0.39, 0.29) is 11.8 Å². The van der Waals surface area contributed by atoms with E-state index in [0.29, 0.717) is 55.9 Å². The van der Waals surface area contributed by atoms with Gasteiger partial charge in [-0.25, -0.2) is 9.97 Å². The van der Waals surface area contributed by atoms with Crippen molar-refractivity contribution in [2.45, 2.75) is 6.92 Å². The van der Waals surface area contributed by atoms with Crippen molar-refractivity contribution in [1.29, 1.82) is 0 Å². The minimum absolute atomic E-state index is 0.0740. The predicted octanol–water partition coefficient (Wildman–Crippen LogP) is 4.52. The normalized spacial score (nSPS) is 13.6. The highest BCUT2D eigenvalue weighted by molar-refractivity contribution is 7.20. The average molecular weight is 535 g/mol. The zero-order chi connectivity index (χ0) is 25.8. The highest BCUT2D eigenvalue weighted by Crippen LogP contribution is 2.28. The Bertz CT molecular complexity index is 1380. The first-order valence-corrected chi connectivity index (χ1v) is 13.3. The van der Waals surface area contributed by atoms with E-state index >= 15 is 0 Å². The van der Waals surface area contributed by atoms with Gasteiger partial charge < -0.3 is 20.4 Å². The number of nitrogens with one attached hydrogen (secondary N) is 2. The predicted molar refractivity (Wildman–Crippen MR) is 150 cm³/mol. The van der Waals surface area contributed by atoms with Crippen LogP contribution in [0.4, 0.5) is 11.6 Å². The van der Waals surface area contributed by atoms with Crippen LogP contribution in [0.3, 0.4) is 0 Å². The topological polar surface area (TPSA) is 90.5 Å². The molecule has 0 aliphatic carbocycles. The van der Waals surface area contributed by atoms with Gasteiger partial charge in [-0.1, -0.05) is 29.8 Å². The molecule has 0 atom stereocenters. The van der Waals surface area contributed by atoms with Crippen molar-refractivity contribution >= 4 is 56.5 Å². The Kier molecular flexibility index (Phi) is 7.52. The molecule has 0 saturated carbocycles. The molecule has 4 aromatic rings. The summed E-state index contributed by atoms with van der Waals surface area (Å²) in [5.74, 6) is 2.04. The maximum absolute atomic E-state index is 13.2. The van der Waals surface area contributed by atoms with Gasteiger partial charge >= 0.3 is 0 Å². The molecule has 1 aliphatic heterocycles. The lowest BCUT2D eigenvalue weighted by Gasteiger charge is -2.35. The van der Waals surface area contributed by atoms with Gasteiger partial charge in [0.05, 0.1) is 4.88 Å². The number of carbonyl (C=O) groups excluding carboxylic acids is 2. The maximum Gasteiger partial charge on any atom is 0.264 e. The number of rotatable bonds is 7. The molecule has 2 aromatic heterocycles. The Morgan fingerprint density at radius 3 is 2.46 bits per heavy atom. The molecular formula is C27H27ClN6O2S. The maximum atomic E-state index is 13.2. The first-order chi connectivity index (χ1) is 18.0. The number of amides is 2. The number of piperazine rings is 1. The molecule has 5 rings (SSSR count).